The predicted molar refractivity (Wildman–Crippen MR) is 95.5 cm³/mol. The average Bonchev–Trinajstić information content (AvgIpc) is 2.62. The molecule has 0 aromatic heterocycles. The molecule has 136 valence electrons. The zero-order valence-corrected chi connectivity index (χ0v) is 14.7. The van der Waals surface area contributed by atoms with Crippen molar-refractivity contribution < 1.29 is 18.4 Å². The van der Waals surface area contributed by atoms with Crippen LogP contribution in [0, 0.1) is 11.6 Å². The smallest absolute Gasteiger partial charge is 0.258 e. The molecule has 1 heterocycles. The Balaban J connectivity index is 1.88. The fourth-order valence-corrected chi connectivity index (χ4v) is 3.11. The fourth-order valence-electron chi connectivity index (χ4n) is 2.94. The van der Waals surface area contributed by atoms with Gasteiger partial charge in [0, 0.05) is 24.2 Å². The molecule has 1 aliphatic heterocycles. The van der Waals surface area contributed by atoms with Gasteiger partial charge in [-0.3, -0.25) is 9.59 Å². The Kier molecular flexibility index (Phi) is 5.52. The van der Waals surface area contributed by atoms with E-state index in [0.717, 1.165) is 31.4 Å². The van der Waals surface area contributed by atoms with Crippen LogP contribution in [-0.4, -0.2) is 29.8 Å². The van der Waals surface area contributed by atoms with Crippen molar-refractivity contribution in [3.63, 3.8) is 0 Å². The summed E-state index contributed by atoms with van der Waals surface area (Å²) >= 11 is 5.99. The first-order chi connectivity index (χ1) is 12.5. The van der Waals surface area contributed by atoms with Gasteiger partial charge >= 0.3 is 0 Å². The molecular weight excluding hydrogens is 362 g/mol. The molecule has 0 atom stereocenters. The minimum Gasteiger partial charge on any atom is -0.339 e. The van der Waals surface area contributed by atoms with Crippen LogP contribution >= 0.6 is 11.6 Å². The molecule has 1 N–H and O–H groups in total. The largest absolute Gasteiger partial charge is 0.339 e. The first-order valence-corrected chi connectivity index (χ1v) is 8.69. The number of benzene rings is 2. The predicted octanol–water partition coefficient (Wildman–Crippen LogP) is 4.50. The number of halogens is 3. The molecule has 0 spiro atoms. The number of anilines is 1. The van der Waals surface area contributed by atoms with Crippen molar-refractivity contribution in [2.75, 3.05) is 18.4 Å². The van der Waals surface area contributed by atoms with Gasteiger partial charge < -0.3 is 10.2 Å². The Bertz CT molecular complexity index is 851. The van der Waals surface area contributed by atoms with E-state index < -0.39 is 17.5 Å². The lowest BCUT2D eigenvalue weighted by atomic mass is 10.1. The highest BCUT2D eigenvalue weighted by Crippen LogP contribution is 2.25. The van der Waals surface area contributed by atoms with Gasteiger partial charge in [0.05, 0.1) is 16.8 Å². The molecule has 1 aliphatic rings. The second kappa shape index (κ2) is 7.83. The van der Waals surface area contributed by atoms with E-state index in [0.29, 0.717) is 24.2 Å². The molecule has 3 rings (SSSR count). The number of hydrogen-bond acceptors (Lipinski definition) is 2. The molecule has 26 heavy (non-hydrogen) atoms. The van der Waals surface area contributed by atoms with Gasteiger partial charge in [0.25, 0.3) is 11.8 Å². The maximum Gasteiger partial charge on any atom is 0.258 e. The van der Waals surface area contributed by atoms with Gasteiger partial charge in [-0.25, -0.2) is 8.78 Å². The number of nitrogens with zero attached hydrogens (tertiary/aromatic N) is 1. The Morgan fingerprint density at radius 1 is 0.962 bits per heavy atom. The minimum absolute atomic E-state index is 0.196. The van der Waals surface area contributed by atoms with E-state index in [2.05, 4.69) is 5.32 Å². The van der Waals surface area contributed by atoms with Crippen LogP contribution in [0.3, 0.4) is 0 Å². The van der Waals surface area contributed by atoms with Crippen molar-refractivity contribution in [3.05, 3.63) is 64.2 Å². The molecule has 4 nitrogen and oxygen atoms in total. The van der Waals surface area contributed by atoms with E-state index in [9.17, 15) is 18.4 Å². The number of piperidine rings is 1. The zero-order valence-electron chi connectivity index (χ0n) is 13.9. The van der Waals surface area contributed by atoms with Crippen molar-refractivity contribution >= 4 is 29.1 Å². The van der Waals surface area contributed by atoms with Gasteiger partial charge in [0.15, 0.2) is 0 Å². The van der Waals surface area contributed by atoms with Gasteiger partial charge in [-0.05, 0) is 49.6 Å². The highest BCUT2D eigenvalue weighted by molar-refractivity contribution is 6.31. The molecular formula is C19H17ClF2N2O2. The third kappa shape index (κ3) is 4.02. The molecule has 0 radical (unpaired) electrons. The molecule has 0 aliphatic carbocycles. The third-order valence-corrected chi connectivity index (χ3v) is 4.51. The minimum atomic E-state index is -0.978. The first-order valence-electron chi connectivity index (χ1n) is 8.31. The number of rotatable bonds is 3. The van der Waals surface area contributed by atoms with E-state index in [1.54, 1.807) is 11.0 Å². The Morgan fingerprint density at radius 2 is 1.65 bits per heavy atom. The molecule has 1 fully saturated rings. The third-order valence-electron chi connectivity index (χ3n) is 4.28. The number of carbonyl (C=O) groups excluding carboxylic acids is 2. The van der Waals surface area contributed by atoms with Crippen molar-refractivity contribution in [2.45, 2.75) is 19.3 Å². The quantitative estimate of drug-likeness (QED) is 0.855. The maximum atomic E-state index is 13.8. The number of nitrogens with one attached hydrogen (secondary N) is 1. The van der Waals surface area contributed by atoms with E-state index in [1.807, 2.05) is 0 Å². The maximum absolute atomic E-state index is 13.8. The van der Waals surface area contributed by atoms with Gasteiger partial charge in [-0.1, -0.05) is 11.6 Å². The van der Waals surface area contributed by atoms with Crippen LogP contribution in [0.4, 0.5) is 14.5 Å². The van der Waals surface area contributed by atoms with Gasteiger partial charge in [-0.15, -0.1) is 0 Å². The summed E-state index contributed by atoms with van der Waals surface area (Å²) in [6, 6.07) is 7.22. The summed E-state index contributed by atoms with van der Waals surface area (Å²) in [6.07, 6.45) is 2.95. The molecule has 2 aromatic rings. The summed E-state index contributed by atoms with van der Waals surface area (Å²) < 4.78 is 26.9. The van der Waals surface area contributed by atoms with Crippen LogP contribution in [0.5, 0.6) is 0 Å². The van der Waals surface area contributed by atoms with Gasteiger partial charge in [0.2, 0.25) is 0 Å². The van der Waals surface area contributed by atoms with Crippen molar-refractivity contribution in [2.24, 2.45) is 0 Å². The van der Waals surface area contributed by atoms with E-state index in [1.165, 1.54) is 12.1 Å². The topological polar surface area (TPSA) is 49.4 Å². The summed E-state index contributed by atoms with van der Waals surface area (Å²) in [4.78, 5) is 26.9. The summed E-state index contributed by atoms with van der Waals surface area (Å²) in [5, 5.41) is 2.84. The van der Waals surface area contributed by atoms with Crippen LogP contribution < -0.4 is 5.32 Å². The second-order valence-corrected chi connectivity index (χ2v) is 6.56. The molecule has 7 heteroatoms. The second-order valence-electron chi connectivity index (χ2n) is 6.12. The number of carbonyl (C=O) groups is 2. The fraction of sp³-hybridized carbons (Fsp3) is 0.263. The average molecular weight is 379 g/mol. The Labute approximate surface area is 154 Å². The van der Waals surface area contributed by atoms with Crippen LogP contribution in [0.15, 0.2) is 36.4 Å². The Morgan fingerprint density at radius 3 is 2.35 bits per heavy atom. The molecule has 0 bridgehead atoms. The lowest BCUT2D eigenvalue weighted by Gasteiger charge is -2.27. The Hall–Kier alpha value is -2.47. The highest BCUT2D eigenvalue weighted by Gasteiger charge is 2.22. The summed E-state index contributed by atoms with van der Waals surface area (Å²) in [6.45, 7) is 1.31. The summed E-state index contributed by atoms with van der Waals surface area (Å²) in [7, 11) is 0. The SMILES string of the molecule is O=C(Nc1cc(Cl)ccc1C(=O)N1CCCCC1)c1ccc(F)cc1F. The lowest BCUT2D eigenvalue weighted by molar-refractivity contribution is 0.0725. The standard InChI is InChI=1S/C19H17ClF2N2O2/c20-12-4-6-15(19(26)24-8-2-1-3-9-24)17(10-12)23-18(25)14-7-5-13(21)11-16(14)22/h4-7,10-11H,1-3,8-9H2,(H,23,25). The summed E-state index contributed by atoms with van der Waals surface area (Å²) in [5.74, 6) is -2.75. The van der Waals surface area contributed by atoms with E-state index in [-0.39, 0.29) is 22.7 Å². The normalized spacial score (nSPS) is 14.2. The number of hydrogen-bond donors (Lipinski definition) is 1. The zero-order chi connectivity index (χ0) is 18.7. The van der Waals surface area contributed by atoms with Crippen LogP contribution in [-0.2, 0) is 0 Å². The van der Waals surface area contributed by atoms with Crippen molar-refractivity contribution in [3.8, 4) is 0 Å². The molecule has 2 amide bonds. The van der Waals surface area contributed by atoms with Gasteiger partial charge in [0.1, 0.15) is 11.6 Å². The number of likely N-dealkylation sites (tertiary alicyclic amines) is 1. The van der Waals surface area contributed by atoms with Crippen LogP contribution in [0.1, 0.15) is 40.0 Å². The van der Waals surface area contributed by atoms with Crippen LogP contribution in [0.2, 0.25) is 5.02 Å². The highest BCUT2D eigenvalue weighted by atomic mass is 35.5. The van der Waals surface area contributed by atoms with Crippen LogP contribution in [0.25, 0.3) is 0 Å². The van der Waals surface area contributed by atoms with Crippen molar-refractivity contribution in [1.29, 1.82) is 0 Å². The van der Waals surface area contributed by atoms with Crippen molar-refractivity contribution in [1.82, 2.24) is 4.90 Å². The van der Waals surface area contributed by atoms with Gasteiger partial charge in [-0.2, -0.15) is 0 Å². The monoisotopic (exact) mass is 378 g/mol. The molecule has 2 aromatic carbocycles. The lowest BCUT2D eigenvalue weighted by Crippen LogP contribution is -2.36. The molecule has 1 saturated heterocycles. The number of amides is 2. The summed E-state index contributed by atoms with van der Waals surface area (Å²) in [5.41, 5.74) is 0.164. The first kappa shape index (κ1) is 18.3. The molecule has 0 saturated carbocycles. The van der Waals surface area contributed by atoms with E-state index in [4.69, 9.17) is 11.6 Å². The molecule has 0 unspecified atom stereocenters. The van der Waals surface area contributed by atoms with E-state index >= 15 is 0 Å².